The van der Waals surface area contributed by atoms with E-state index in [1.807, 2.05) is 44.5 Å². The summed E-state index contributed by atoms with van der Waals surface area (Å²) in [5, 5.41) is 18.3. The van der Waals surface area contributed by atoms with Crippen LogP contribution in [0.25, 0.3) is 20.4 Å². The highest BCUT2D eigenvalue weighted by atomic mass is 32.2. The second-order valence-electron chi connectivity index (χ2n) is 17.6. The molecule has 6 aromatic rings. The number of anilines is 4. The van der Waals surface area contributed by atoms with Crippen LogP contribution in [0.5, 0.6) is 11.5 Å². The average Bonchev–Trinajstić information content (AvgIpc) is 4.11. The van der Waals surface area contributed by atoms with Gasteiger partial charge in [-0.3, -0.25) is 19.6 Å². The summed E-state index contributed by atoms with van der Waals surface area (Å²) in [5.41, 5.74) is 8.52. The van der Waals surface area contributed by atoms with Gasteiger partial charge in [0.2, 0.25) is 5.91 Å². The summed E-state index contributed by atoms with van der Waals surface area (Å²) in [6.07, 6.45) is 11.7. The van der Waals surface area contributed by atoms with Gasteiger partial charge in [0.1, 0.15) is 50.2 Å². The van der Waals surface area contributed by atoms with Gasteiger partial charge in [-0.2, -0.15) is 0 Å². The zero-order chi connectivity index (χ0) is 45.3. The Morgan fingerprint density at radius 1 is 0.773 bits per heavy atom. The summed E-state index contributed by atoms with van der Waals surface area (Å²) >= 11 is 3.20. The number of carboxylic acid groups (broad SMARTS) is 1. The number of amides is 1. The molecule has 0 radical (unpaired) electrons. The Bertz CT molecular complexity index is 3160. The van der Waals surface area contributed by atoms with Crippen molar-refractivity contribution in [2.45, 2.75) is 76.6 Å². The van der Waals surface area contributed by atoms with Crippen LogP contribution in [0.4, 0.5) is 23.0 Å². The minimum Gasteiger partial charge on any atom is -0.492 e. The summed E-state index contributed by atoms with van der Waals surface area (Å²) in [6, 6.07) is 8.18. The fourth-order valence-corrected chi connectivity index (χ4v) is 14.4. The van der Waals surface area contributed by atoms with E-state index in [1.54, 1.807) is 40.2 Å². The lowest BCUT2D eigenvalue weighted by atomic mass is 9.85. The number of aliphatic imine (C=N–C) groups is 2. The molecule has 2 aliphatic carbocycles. The number of carbonyl (C=O) groups is 2. The van der Waals surface area contributed by atoms with E-state index >= 15 is 0 Å². The lowest BCUT2D eigenvalue weighted by Crippen LogP contribution is -2.73. The van der Waals surface area contributed by atoms with E-state index in [9.17, 15) is 23.1 Å². The highest BCUT2D eigenvalue weighted by Gasteiger charge is 2.61. The van der Waals surface area contributed by atoms with Crippen LogP contribution in [0.3, 0.4) is 0 Å². The summed E-state index contributed by atoms with van der Waals surface area (Å²) in [4.78, 5) is 57.2. The van der Waals surface area contributed by atoms with Crippen LogP contribution in [0, 0.1) is 11.8 Å². The summed E-state index contributed by atoms with van der Waals surface area (Å²) < 4.78 is 35.4. The number of aromatic nitrogens is 4. The smallest absolute Gasteiger partial charge is 0.306 e. The quantitative estimate of drug-likeness (QED) is 0.124. The molecule has 66 heavy (non-hydrogen) atoms. The highest BCUT2D eigenvalue weighted by Crippen LogP contribution is 2.46. The number of carboxylic acids is 1. The number of hydrogen-bond donors (Lipinski definition) is 3. The molecule has 1 spiro atoms. The molecule has 4 aliphatic heterocycles. The minimum absolute atomic E-state index is 0.0847. The SMILES string of the molecule is CCOc1cc2c(cc1Nc1ncnc3sc4c(c13)CCC(C(=O)N1CC3(CCS3(=O)=O)C1)C4)C=NC2.CCOc1cc2c(cc1Nc1ncnc3sc4c(c13)CCC(C(=O)O)C4)C=NC2. The van der Waals surface area contributed by atoms with Gasteiger partial charge >= 0.3 is 5.97 Å². The molecule has 4 aromatic heterocycles. The second kappa shape index (κ2) is 16.7. The van der Waals surface area contributed by atoms with Gasteiger partial charge in [-0.25, -0.2) is 28.4 Å². The van der Waals surface area contributed by atoms with Crippen LogP contribution in [0.2, 0.25) is 0 Å². The van der Waals surface area contributed by atoms with Crippen LogP contribution in [0.1, 0.15) is 76.2 Å². The Hall–Kier alpha value is -6.05. The van der Waals surface area contributed by atoms with Crippen molar-refractivity contribution in [3.05, 3.63) is 80.1 Å². The number of nitrogens with one attached hydrogen (secondary N) is 2. The molecular formula is C47H47N9O7S3. The van der Waals surface area contributed by atoms with Crippen molar-refractivity contribution < 1.29 is 32.6 Å². The van der Waals surface area contributed by atoms with Crippen molar-refractivity contribution in [1.29, 1.82) is 0 Å². The fourth-order valence-electron chi connectivity index (χ4n) is 10.1. The van der Waals surface area contributed by atoms with Gasteiger partial charge in [0.15, 0.2) is 9.84 Å². The zero-order valence-electron chi connectivity index (χ0n) is 36.4. The van der Waals surface area contributed by atoms with E-state index in [2.05, 4.69) is 46.6 Å². The summed E-state index contributed by atoms with van der Waals surface area (Å²) in [7, 11) is -3.02. The second-order valence-corrected chi connectivity index (χ2v) is 22.3. The number of aryl methyl sites for hydroxylation is 2. The Balaban J connectivity index is 0.000000150. The molecule has 0 saturated carbocycles. The number of hydrogen-bond acceptors (Lipinski definition) is 16. The molecule has 3 N–H and O–H groups in total. The fraction of sp³-hybridized carbons (Fsp3) is 0.404. The molecular weight excluding hydrogens is 899 g/mol. The predicted molar refractivity (Wildman–Crippen MR) is 256 cm³/mol. The van der Waals surface area contributed by atoms with E-state index in [0.717, 1.165) is 101 Å². The maximum atomic E-state index is 13.2. The van der Waals surface area contributed by atoms with E-state index in [4.69, 9.17) is 9.47 Å². The molecule has 1 amide bonds. The maximum absolute atomic E-state index is 13.2. The van der Waals surface area contributed by atoms with Gasteiger partial charge < -0.3 is 30.1 Å². The average molecular weight is 946 g/mol. The largest absolute Gasteiger partial charge is 0.492 e. The molecule has 6 aliphatic rings. The number of sulfone groups is 1. The third-order valence-corrected chi connectivity index (χ3v) is 18.6. The van der Waals surface area contributed by atoms with E-state index in [-0.39, 0.29) is 23.5 Å². The molecule has 19 heteroatoms. The summed E-state index contributed by atoms with van der Waals surface area (Å²) in [5.74, 6) is 2.20. The normalized spacial score (nSPS) is 20.1. The van der Waals surface area contributed by atoms with Crippen LogP contribution in [0.15, 0.2) is 46.9 Å². The van der Waals surface area contributed by atoms with Crippen molar-refractivity contribution in [3.8, 4) is 11.5 Å². The zero-order valence-corrected chi connectivity index (χ0v) is 38.9. The third-order valence-electron chi connectivity index (χ3n) is 13.7. The first kappa shape index (κ1) is 42.6. The topological polar surface area (TPSA) is 211 Å². The maximum Gasteiger partial charge on any atom is 0.306 e. The summed E-state index contributed by atoms with van der Waals surface area (Å²) in [6.45, 7) is 7.11. The molecule has 340 valence electrons. The first-order valence-electron chi connectivity index (χ1n) is 22.4. The molecule has 12 rings (SSSR count). The van der Waals surface area contributed by atoms with Crippen LogP contribution < -0.4 is 20.1 Å². The van der Waals surface area contributed by atoms with E-state index in [0.29, 0.717) is 65.1 Å². The first-order chi connectivity index (χ1) is 32.0. The Labute approximate surface area is 388 Å². The van der Waals surface area contributed by atoms with Crippen LogP contribution in [-0.2, 0) is 58.2 Å². The predicted octanol–water partition coefficient (Wildman–Crippen LogP) is 7.23. The van der Waals surface area contributed by atoms with Crippen molar-refractivity contribution in [3.63, 3.8) is 0 Å². The number of aliphatic carboxylic acids is 1. The van der Waals surface area contributed by atoms with Crippen LogP contribution >= 0.6 is 22.7 Å². The Kier molecular flexibility index (Phi) is 10.8. The van der Waals surface area contributed by atoms with Gasteiger partial charge in [0, 0.05) is 41.2 Å². The van der Waals surface area contributed by atoms with E-state index < -0.39 is 20.6 Å². The lowest BCUT2D eigenvalue weighted by Gasteiger charge is -2.55. The Morgan fingerprint density at radius 3 is 1.76 bits per heavy atom. The highest BCUT2D eigenvalue weighted by molar-refractivity contribution is 7.94. The van der Waals surface area contributed by atoms with Crippen molar-refractivity contribution in [2.75, 3.05) is 42.7 Å². The van der Waals surface area contributed by atoms with Gasteiger partial charge in [-0.1, -0.05) is 0 Å². The molecule has 2 fully saturated rings. The van der Waals surface area contributed by atoms with Crippen molar-refractivity contribution >= 4 is 100 Å². The number of rotatable bonds is 10. The third kappa shape index (κ3) is 7.35. The number of ether oxygens (including phenoxy) is 2. The van der Waals surface area contributed by atoms with Crippen molar-refractivity contribution in [1.82, 2.24) is 24.8 Å². The molecule has 2 atom stereocenters. The minimum atomic E-state index is -3.02. The molecule has 16 nitrogen and oxygen atoms in total. The number of carbonyl (C=O) groups excluding carboxylic acids is 1. The number of benzene rings is 2. The van der Waals surface area contributed by atoms with Gasteiger partial charge in [-0.15, -0.1) is 22.7 Å². The number of nitrogens with zero attached hydrogens (tertiary/aromatic N) is 7. The van der Waals surface area contributed by atoms with Gasteiger partial charge in [0.25, 0.3) is 0 Å². The molecule has 2 unspecified atom stereocenters. The monoisotopic (exact) mass is 945 g/mol. The first-order valence-corrected chi connectivity index (χ1v) is 25.7. The Morgan fingerprint density at radius 2 is 1.29 bits per heavy atom. The van der Waals surface area contributed by atoms with E-state index in [1.165, 1.54) is 16.0 Å². The van der Waals surface area contributed by atoms with Crippen molar-refractivity contribution in [2.24, 2.45) is 21.8 Å². The number of likely N-dealkylation sites (tertiary alicyclic amines) is 1. The number of thiophene rings is 2. The molecule has 0 bridgehead atoms. The number of fused-ring (bicyclic) bond motifs is 8. The van der Waals surface area contributed by atoms with Gasteiger partial charge in [-0.05, 0) is 116 Å². The van der Waals surface area contributed by atoms with Crippen LogP contribution in [-0.4, -0.2) is 99.5 Å². The molecule has 2 saturated heterocycles. The molecule has 8 heterocycles. The molecule has 2 aromatic carbocycles. The lowest BCUT2D eigenvalue weighted by molar-refractivity contribution is -0.142. The van der Waals surface area contributed by atoms with Gasteiger partial charge in [0.05, 0.1) is 60.1 Å². The standard InChI is InChI=1S/C26H27N5O4S2.C21H20N4O3S/c1-2-35-20-8-17-11-27-10-16(17)7-19(20)30-23-22-18-4-3-15(9-21(18)36-24(22)29-14-28-23)25(32)31-12-26(13-31)5-6-37(26,33)34;1-2-28-16-6-13-9-22-8-12(13)5-15(16)25-19-18-14-4-3-11(21(26)27)7-17(14)29-20(18)24-10-23-19/h7-8,10,14-15H,2-6,9,11-13H2,1H3,(H,28,29,30);5-6,8,10-11H,2-4,7,9H2,1H3,(H,26,27)(H,23,24,25).